The summed E-state index contributed by atoms with van der Waals surface area (Å²) in [4.78, 5) is 10.6. The van der Waals surface area contributed by atoms with Gasteiger partial charge in [0.15, 0.2) is 6.10 Å². The predicted molar refractivity (Wildman–Crippen MR) is 35.1 cm³/mol. The number of cyclic esters (lactones) is 1. The Balaban J connectivity index is 2.83. The molecule has 56 valence electrons. The van der Waals surface area contributed by atoms with Crippen LogP contribution in [0.4, 0.5) is 0 Å². The molecular weight excluding hydrogens is 132 g/mol. The van der Waals surface area contributed by atoms with Crippen molar-refractivity contribution in [1.29, 1.82) is 0 Å². The fraction of sp³-hybridized carbons (Fsp3) is 0.571. The zero-order valence-corrected chi connectivity index (χ0v) is 6.05. The summed E-state index contributed by atoms with van der Waals surface area (Å²) in [5, 5.41) is 9.04. The van der Waals surface area contributed by atoms with E-state index >= 15 is 0 Å². The second kappa shape index (κ2) is 2.42. The minimum absolute atomic E-state index is 0.547. The molecule has 1 unspecified atom stereocenters. The van der Waals surface area contributed by atoms with Gasteiger partial charge in [0, 0.05) is 12.0 Å². The monoisotopic (exact) mass is 142 g/mol. The first kappa shape index (κ1) is 7.28. The molecule has 0 aromatic rings. The molecule has 1 atom stereocenters. The van der Waals surface area contributed by atoms with Crippen molar-refractivity contribution < 1.29 is 14.6 Å². The minimum Gasteiger partial charge on any atom is -0.429 e. The minimum atomic E-state index is -1.02. The lowest BCUT2D eigenvalue weighted by atomic mass is 10.1. The highest BCUT2D eigenvalue weighted by atomic mass is 16.6. The summed E-state index contributed by atoms with van der Waals surface area (Å²) in [6, 6.07) is 0. The van der Waals surface area contributed by atoms with Crippen LogP contribution in [0.5, 0.6) is 0 Å². The van der Waals surface area contributed by atoms with Gasteiger partial charge in [0.25, 0.3) is 0 Å². The molecule has 3 heteroatoms. The number of hydrogen-bond donors (Lipinski definition) is 1. The first-order chi connectivity index (χ1) is 4.66. The quantitative estimate of drug-likeness (QED) is 0.545. The van der Waals surface area contributed by atoms with Crippen LogP contribution in [0.2, 0.25) is 0 Å². The molecule has 10 heavy (non-hydrogen) atoms. The Kier molecular flexibility index (Phi) is 1.76. The summed E-state index contributed by atoms with van der Waals surface area (Å²) in [6.07, 6.45) is -0.357. The summed E-state index contributed by atoms with van der Waals surface area (Å²) in [7, 11) is 0. The third-order valence-corrected chi connectivity index (χ3v) is 1.62. The number of aliphatic hydroxyl groups is 1. The van der Waals surface area contributed by atoms with E-state index in [1.165, 1.54) is 0 Å². The first-order valence-corrected chi connectivity index (χ1v) is 3.26. The van der Waals surface area contributed by atoms with Crippen molar-refractivity contribution in [2.24, 2.45) is 0 Å². The van der Waals surface area contributed by atoms with Gasteiger partial charge in [-0.2, -0.15) is 0 Å². The molecule has 0 saturated carbocycles. The van der Waals surface area contributed by atoms with Crippen molar-refractivity contribution in [3.8, 4) is 0 Å². The standard InChI is InChI=1S/C7H10O3/c1-3-5-4(2)6(8)7(9)10-5/h6,8H,3H2,1-2H3. The van der Waals surface area contributed by atoms with Gasteiger partial charge in [-0.3, -0.25) is 0 Å². The number of aliphatic hydroxyl groups excluding tert-OH is 1. The Morgan fingerprint density at radius 1 is 1.70 bits per heavy atom. The lowest BCUT2D eigenvalue weighted by Gasteiger charge is -1.94. The number of esters is 1. The van der Waals surface area contributed by atoms with E-state index in [-0.39, 0.29) is 0 Å². The molecule has 0 spiro atoms. The Labute approximate surface area is 59.3 Å². The average molecular weight is 142 g/mol. The Hall–Kier alpha value is -0.830. The summed E-state index contributed by atoms with van der Waals surface area (Å²) in [5.41, 5.74) is 0.646. The molecule has 3 nitrogen and oxygen atoms in total. The Bertz CT molecular complexity index is 193. The molecule has 1 N–H and O–H groups in total. The van der Waals surface area contributed by atoms with Gasteiger partial charge in [-0.05, 0) is 6.92 Å². The van der Waals surface area contributed by atoms with E-state index in [2.05, 4.69) is 0 Å². The molecule has 1 heterocycles. The smallest absolute Gasteiger partial charge is 0.344 e. The number of ether oxygens (including phenoxy) is 1. The van der Waals surface area contributed by atoms with Crippen molar-refractivity contribution in [2.45, 2.75) is 26.4 Å². The van der Waals surface area contributed by atoms with E-state index < -0.39 is 12.1 Å². The van der Waals surface area contributed by atoms with Gasteiger partial charge in [0.05, 0.1) is 0 Å². The lowest BCUT2D eigenvalue weighted by Crippen LogP contribution is -2.15. The average Bonchev–Trinajstić information content (AvgIpc) is 2.17. The van der Waals surface area contributed by atoms with Gasteiger partial charge in [-0.1, -0.05) is 6.92 Å². The van der Waals surface area contributed by atoms with Gasteiger partial charge in [-0.25, -0.2) is 4.79 Å². The van der Waals surface area contributed by atoms with Crippen LogP contribution in [0.1, 0.15) is 20.3 Å². The summed E-state index contributed by atoms with van der Waals surface area (Å²) < 4.78 is 4.73. The topological polar surface area (TPSA) is 46.5 Å². The maximum atomic E-state index is 10.6. The number of allylic oxidation sites excluding steroid dienone is 1. The molecule has 0 aromatic heterocycles. The fourth-order valence-corrected chi connectivity index (χ4v) is 0.938. The van der Waals surface area contributed by atoms with Crippen LogP contribution in [0, 0.1) is 0 Å². The molecule has 0 saturated heterocycles. The van der Waals surface area contributed by atoms with E-state index in [0.717, 1.165) is 0 Å². The van der Waals surface area contributed by atoms with Crippen LogP contribution >= 0.6 is 0 Å². The predicted octanol–water partition coefficient (Wildman–Crippen LogP) is 0.588. The Morgan fingerprint density at radius 2 is 2.30 bits per heavy atom. The molecule has 0 aliphatic carbocycles. The van der Waals surface area contributed by atoms with Crippen molar-refractivity contribution in [3.63, 3.8) is 0 Å². The van der Waals surface area contributed by atoms with Crippen LogP contribution in [-0.2, 0) is 9.53 Å². The molecule has 0 bridgehead atoms. The Morgan fingerprint density at radius 3 is 2.50 bits per heavy atom. The molecule has 0 amide bonds. The number of carbonyl (C=O) groups is 1. The normalized spacial score (nSPS) is 25.5. The molecular formula is C7H10O3. The fourth-order valence-electron chi connectivity index (χ4n) is 0.938. The van der Waals surface area contributed by atoms with Crippen molar-refractivity contribution >= 4 is 5.97 Å². The molecule has 1 rings (SSSR count). The highest BCUT2D eigenvalue weighted by molar-refractivity contribution is 5.82. The van der Waals surface area contributed by atoms with E-state index in [9.17, 15) is 4.79 Å². The third kappa shape index (κ3) is 0.926. The SMILES string of the molecule is CCC1=C(C)C(O)C(=O)O1. The van der Waals surface area contributed by atoms with Gasteiger partial charge in [-0.15, -0.1) is 0 Å². The van der Waals surface area contributed by atoms with Gasteiger partial charge < -0.3 is 9.84 Å². The maximum absolute atomic E-state index is 10.6. The molecule has 1 aliphatic rings. The van der Waals surface area contributed by atoms with E-state index in [1.54, 1.807) is 6.92 Å². The summed E-state index contributed by atoms with van der Waals surface area (Å²) in [6.45, 7) is 3.58. The second-order valence-electron chi connectivity index (χ2n) is 2.28. The van der Waals surface area contributed by atoms with Gasteiger partial charge in [0.1, 0.15) is 5.76 Å². The van der Waals surface area contributed by atoms with Crippen LogP contribution in [-0.4, -0.2) is 17.2 Å². The molecule has 0 aromatic carbocycles. The maximum Gasteiger partial charge on any atom is 0.344 e. The van der Waals surface area contributed by atoms with E-state index in [0.29, 0.717) is 17.8 Å². The van der Waals surface area contributed by atoms with Crippen LogP contribution < -0.4 is 0 Å². The van der Waals surface area contributed by atoms with Crippen LogP contribution in [0.25, 0.3) is 0 Å². The van der Waals surface area contributed by atoms with Gasteiger partial charge >= 0.3 is 5.97 Å². The molecule has 1 aliphatic heterocycles. The summed E-state index contributed by atoms with van der Waals surface area (Å²) in [5.74, 6) is 0.0619. The lowest BCUT2D eigenvalue weighted by molar-refractivity contribution is -0.143. The largest absolute Gasteiger partial charge is 0.429 e. The second-order valence-corrected chi connectivity index (χ2v) is 2.28. The number of hydrogen-bond acceptors (Lipinski definition) is 3. The first-order valence-electron chi connectivity index (χ1n) is 3.26. The van der Waals surface area contributed by atoms with Crippen LogP contribution in [0.3, 0.4) is 0 Å². The number of rotatable bonds is 1. The van der Waals surface area contributed by atoms with Crippen molar-refractivity contribution in [3.05, 3.63) is 11.3 Å². The zero-order valence-electron chi connectivity index (χ0n) is 6.05. The van der Waals surface area contributed by atoms with Crippen LogP contribution in [0.15, 0.2) is 11.3 Å². The van der Waals surface area contributed by atoms with Crippen molar-refractivity contribution in [1.82, 2.24) is 0 Å². The summed E-state index contributed by atoms with van der Waals surface area (Å²) >= 11 is 0. The highest BCUT2D eigenvalue weighted by Gasteiger charge is 2.29. The van der Waals surface area contributed by atoms with Gasteiger partial charge in [0.2, 0.25) is 0 Å². The molecule has 0 radical (unpaired) electrons. The molecule has 0 fully saturated rings. The van der Waals surface area contributed by atoms with E-state index in [1.807, 2.05) is 6.92 Å². The van der Waals surface area contributed by atoms with Crippen molar-refractivity contribution in [2.75, 3.05) is 0 Å². The van der Waals surface area contributed by atoms with E-state index in [4.69, 9.17) is 9.84 Å². The highest BCUT2D eigenvalue weighted by Crippen LogP contribution is 2.22. The zero-order chi connectivity index (χ0) is 7.72. The third-order valence-electron chi connectivity index (χ3n) is 1.62. The number of carbonyl (C=O) groups excluding carboxylic acids is 1.